The minimum atomic E-state index is -4.94. The third-order valence-electron chi connectivity index (χ3n) is 6.50. The van der Waals surface area contributed by atoms with E-state index in [4.69, 9.17) is 18.6 Å². The zero-order valence-electron chi connectivity index (χ0n) is 23.3. The molecule has 9 heteroatoms. The van der Waals surface area contributed by atoms with Crippen LogP contribution in [0.3, 0.4) is 0 Å². The number of aryl methyl sites for hydroxylation is 1. The van der Waals surface area contributed by atoms with Gasteiger partial charge < -0.3 is 5.32 Å². The largest absolute Gasteiger partial charge is 0.357 e. The predicted octanol–water partition coefficient (Wildman–Crippen LogP) is 1.87. The van der Waals surface area contributed by atoms with Gasteiger partial charge in [-0.25, -0.2) is 18.6 Å². The molecule has 0 spiro atoms. The van der Waals surface area contributed by atoms with Crippen molar-refractivity contribution in [3.63, 3.8) is 0 Å². The lowest BCUT2D eigenvalue weighted by Gasteiger charge is -2.29. The van der Waals surface area contributed by atoms with E-state index in [1.54, 1.807) is 0 Å². The molecule has 0 heterocycles. The monoisotopic (exact) mass is 612 g/mol. The van der Waals surface area contributed by atoms with E-state index in [-0.39, 0.29) is 5.91 Å². The van der Waals surface area contributed by atoms with Crippen LogP contribution in [0.15, 0.2) is 157 Å². The van der Waals surface area contributed by atoms with E-state index >= 15 is 0 Å². The van der Waals surface area contributed by atoms with Gasteiger partial charge in [-0.15, -0.1) is 10.2 Å². The quantitative estimate of drug-likeness (QED) is 0.257. The number of anilines is 1. The SMILES string of the molecule is Cc1ccc(N/C=C(\NC(=O)c2ccccc2)[P+](c2ccccc2)(c2ccccc2)c2ccccc2)cc1.[O-][Cl+3]([O-])([O-])[O-]. The number of benzene rings is 5. The molecule has 0 atom stereocenters. The Kier molecular flexibility index (Phi) is 10.8. The normalized spacial score (nSPS) is 11.6. The first-order valence-electron chi connectivity index (χ1n) is 13.3. The van der Waals surface area contributed by atoms with Crippen molar-refractivity contribution in [3.8, 4) is 0 Å². The molecule has 5 aromatic carbocycles. The van der Waals surface area contributed by atoms with Gasteiger partial charge in [0, 0.05) is 11.3 Å². The molecule has 5 rings (SSSR count). The molecule has 0 bridgehead atoms. The summed E-state index contributed by atoms with van der Waals surface area (Å²) in [4.78, 5) is 13.7. The van der Waals surface area contributed by atoms with Crippen LogP contribution in [0.25, 0.3) is 0 Å². The van der Waals surface area contributed by atoms with Crippen LogP contribution in [0.1, 0.15) is 15.9 Å². The highest BCUT2D eigenvalue weighted by molar-refractivity contribution is 7.99. The molecular formula is C34H30ClN2O5P. The van der Waals surface area contributed by atoms with Crippen LogP contribution in [0, 0.1) is 17.2 Å². The fourth-order valence-corrected chi connectivity index (χ4v) is 8.73. The summed E-state index contributed by atoms with van der Waals surface area (Å²) in [6, 6.07) is 49.2. The third-order valence-corrected chi connectivity index (χ3v) is 10.7. The number of nitrogens with one attached hydrogen (secondary N) is 2. The molecule has 0 aliphatic carbocycles. The number of carbonyl (C=O) groups is 1. The Labute approximate surface area is 253 Å². The molecule has 2 N–H and O–H groups in total. The second-order valence-electron chi connectivity index (χ2n) is 9.42. The summed E-state index contributed by atoms with van der Waals surface area (Å²) in [6.45, 7) is 2.07. The lowest BCUT2D eigenvalue weighted by Crippen LogP contribution is -2.68. The van der Waals surface area contributed by atoms with E-state index in [2.05, 4.69) is 115 Å². The molecule has 0 saturated heterocycles. The van der Waals surface area contributed by atoms with Crippen molar-refractivity contribution in [2.24, 2.45) is 0 Å². The summed E-state index contributed by atoms with van der Waals surface area (Å²) in [5.74, 6) is -0.144. The highest BCUT2D eigenvalue weighted by atomic mass is 35.7. The molecular weight excluding hydrogens is 583 g/mol. The molecule has 0 unspecified atom stereocenters. The van der Waals surface area contributed by atoms with Gasteiger partial charge in [-0.1, -0.05) is 90.5 Å². The highest BCUT2D eigenvalue weighted by Gasteiger charge is 2.50. The Hall–Kier alpha value is -4.33. The topological polar surface area (TPSA) is 133 Å². The van der Waals surface area contributed by atoms with E-state index in [0.717, 1.165) is 27.0 Å². The summed E-state index contributed by atoms with van der Waals surface area (Å²) in [5.41, 5.74) is 3.59. The minimum Gasteiger partial charge on any atom is -0.357 e. The number of carbonyl (C=O) groups excluding carboxylic acids is 1. The number of rotatable bonds is 8. The second kappa shape index (κ2) is 14.7. The Bertz CT molecular complexity index is 1510. The number of amides is 1. The maximum atomic E-state index is 13.7. The Morgan fingerprint density at radius 1 is 0.605 bits per heavy atom. The Morgan fingerprint density at radius 3 is 1.37 bits per heavy atom. The smallest absolute Gasteiger partial charge is 0.258 e. The van der Waals surface area contributed by atoms with Gasteiger partial charge in [0.05, 0.1) is 6.20 Å². The second-order valence-corrected chi connectivity index (χ2v) is 13.5. The minimum absolute atomic E-state index is 0.144. The fraction of sp³-hybridized carbons (Fsp3) is 0.0294. The lowest BCUT2D eigenvalue weighted by atomic mass is 10.2. The van der Waals surface area contributed by atoms with E-state index in [9.17, 15) is 4.79 Å². The first-order valence-corrected chi connectivity index (χ1v) is 16.3. The fourth-order valence-electron chi connectivity index (χ4n) is 4.62. The van der Waals surface area contributed by atoms with Gasteiger partial charge in [0.1, 0.15) is 15.9 Å². The summed E-state index contributed by atoms with van der Waals surface area (Å²) in [5, 5.41) is 10.3. The van der Waals surface area contributed by atoms with Crippen molar-refractivity contribution in [2.75, 3.05) is 5.32 Å². The summed E-state index contributed by atoms with van der Waals surface area (Å²) < 4.78 is 34.0. The Balaban J connectivity index is 0.000000782. The van der Waals surface area contributed by atoms with Gasteiger partial charge in [-0.05, 0) is 67.6 Å². The van der Waals surface area contributed by atoms with Crippen LogP contribution < -0.4 is 45.2 Å². The molecule has 0 aromatic heterocycles. The zero-order chi connectivity index (χ0) is 30.7. The van der Waals surface area contributed by atoms with Gasteiger partial charge in [0.15, 0.2) is 12.7 Å². The number of hydrogen-bond donors (Lipinski definition) is 2. The van der Waals surface area contributed by atoms with E-state index in [1.807, 2.05) is 54.7 Å². The molecule has 43 heavy (non-hydrogen) atoms. The molecule has 7 nitrogen and oxygen atoms in total. The Morgan fingerprint density at radius 2 is 0.977 bits per heavy atom. The van der Waals surface area contributed by atoms with Crippen molar-refractivity contribution >= 4 is 34.8 Å². The molecule has 0 radical (unpaired) electrons. The van der Waals surface area contributed by atoms with Gasteiger partial charge in [-0.2, -0.15) is 0 Å². The standard InChI is InChI=1S/C34H29N2OP.ClHO4/c1-27-22-24-29(25-23-27)35-26-33(36-34(37)28-14-6-2-7-15-28)38(30-16-8-3-9-17-30,31-18-10-4-11-19-31)32-20-12-5-13-21-32;2-1(3,4)5/h2-26,35H,1H3;(H,2,3,4,5)/b33-26+;. The summed E-state index contributed by atoms with van der Waals surface area (Å²) in [6.07, 6.45) is 1.98. The van der Waals surface area contributed by atoms with Gasteiger partial charge >= 0.3 is 0 Å². The molecule has 218 valence electrons. The lowest BCUT2D eigenvalue weighted by molar-refractivity contribution is -2.00. The first-order chi connectivity index (χ1) is 20.7. The van der Waals surface area contributed by atoms with E-state index in [1.165, 1.54) is 5.56 Å². The molecule has 0 aliphatic rings. The summed E-state index contributed by atoms with van der Waals surface area (Å²) >= 11 is 0. The maximum Gasteiger partial charge on any atom is 0.258 e. The van der Waals surface area contributed by atoms with Crippen molar-refractivity contribution < 1.29 is 33.7 Å². The first kappa shape index (κ1) is 31.6. The van der Waals surface area contributed by atoms with Crippen LogP contribution in [0.5, 0.6) is 0 Å². The van der Waals surface area contributed by atoms with Crippen LogP contribution >= 0.6 is 7.26 Å². The summed E-state index contributed by atoms with van der Waals surface area (Å²) in [7, 11) is -7.46. The highest BCUT2D eigenvalue weighted by Crippen LogP contribution is 2.61. The molecule has 5 aromatic rings. The van der Waals surface area contributed by atoms with Crippen LogP contribution in [-0.2, 0) is 0 Å². The van der Waals surface area contributed by atoms with Crippen LogP contribution in [-0.4, -0.2) is 5.91 Å². The van der Waals surface area contributed by atoms with Crippen molar-refractivity contribution in [3.05, 3.63) is 168 Å². The molecule has 0 saturated carbocycles. The number of hydrogen-bond acceptors (Lipinski definition) is 6. The zero-order valence-corrected chi connectivity index (χ0v) is 25.0. The van der Waals surface area contributed by atoms with Crippen molar-refractivity contribution in [1.82, 2.24) is 5.32 Å². The molecule has 1 amide bonds. The third kappa shape index (κ3) is 8.60. The molecule has 0 fully saturated rings. The van der Waals surface area contributed by atoms with Crippen molar-refractivity contribution in [2.45, 2.75) is 6.92 Å². The van der Waals surface area contributed by atoms with Gasteiger partial charge in [-0.3, -0.25) is 10.1 Å². The van der Waals surface area contributed by atoms with Crippen molar-refractivity contribution in [1.29, 1.82) is 0 Å². The van der Waals surface area contributed by atoms with Crippen LogP contribution in [0.2, 0.25) is 0 Å². The predicted molar refractivity (Wildman–Crippen MR) is 162 cm³/mol. The average Bonchev–Trinajstić information content (AvgIpc) is 3.02. The average molecular weight is 613 g/mol. The number of halogens is 1. The molecule has 0 aliphatic heterocycles. The van der Waals surface area contributed by atoms with Gasteiger partial charge in [0.2, 0.25) is 0 Å². The van der Waals surface area contributed by atoms with E-state index in [0.29, 0.717) is 5.56 Å². The maximum absolute atomic E-state index is 13.7. The van der Waals surface area contributed by atoms with E-state index < -0.39 is 17.5 Å². The van der Waals surface area contributed by atoms with Crippen LogP contribution in [0.4, 0.5) is 5.69 Å². The van der Waals surface area contributed by atoms with Gasteiger partial charge in [0.25, 0.3) is 5.91 Å².